The molecule has 8 bridgehead atoms. The van der Waals surface area contributed by atoms with Crippen LogP contribution in [0.15, 0.2) is 106 Å². The van der Waals surface area contributed by atoms with Gasteiger partial charge in [-0.25, -0.2) is 15.0 Å². The van der Waals surface area contributed by atoms with Gasteiger partial charge in [-0.05, 0) is 132 Å². The van der Waals surface area contributed by atoms with Crippen molar-refractivity contribution in [3.63, 3.8) is 0 Å². The molecule has 3 N–H and O–H groups in total. The molecule has 8 nitrogen and oxygen atoms in total. The Bertz CT molecular complexity index is 2180. The smallest absolute Gasteiger partial charge is 0.306 e. The van der Waals surface area contributed by atoms with Gasteiger partial charge < -0.3 is 19.9 Å². The number of nitrogens with zero attached hydrogens (tertiary/aromatic N) is 3. The number of nitrogens with one attached hydrogen (secondary N) is 1. The number of H-pyrrole nitrogens is 1. The van der Waals surface area contributed by atoms with Crippen molar-refractivity contribution in [2.45, 2.75) is 93.9 Å². The average Bonchev–Trinajstić information content (AvgIpc) is 3.82. The van der Waals surface area contributed by atoms with Crippen LogP contribution in [0.1, 0.15) is 91.7 Å². The number of carbonyl (C=O) groups excluding carboxylic acids is 1. The number of aliphatic imine (C=N–C) groups is 3. The second-order valence-corrected chi connectivity index (χ2v) is 13.9. The van der Waals surface area contributed by atoms with Crippen LogP contribution < -0.4 is 10.7 Å². The van der Waals surface area contributed by atoms with E-state index in [1.165, 1.54) is 16.7 Å². The number of aliphatic hydroxyl groups excluding tert-OH is 2. The Morgan fingerprint density at radius 2 is 1.70 bits per heavy atom. The molecule has 0 fully saturated rings. The first-order valence-corrected chi connectivity index (χ1v) is 17.6. The van der Waals surface area contributed by atoms with Crippen molar-refractivity contribution in [1.82, 2.24) is 4.98 Å². The Balaban J connectivity index is 1.40. The summed E-state index contributed by atoms with van der Waals surface area (Å²) in [5.41, 5.74) is 15.3. The van der Waals surface area contributed by atoms with Gasteiger partial charge in [0.25, 0.3) is 0 Å². The molecule has 8 heteroatoms. The second kappa shape index (κ2) is 14.2. The summed E-state index contributed by atoms with van der Waals surface area (Å²) >= 11 is 0. The lowest BCUT2D eigenvalue weighted by Gasteiger charge is -2.10. The Labute approximate surface area is 294 Å². The highest BCUT2D eigenvalue weighted by Crippen LogP contribution is 2.44. The Morgan fingerprint density at radius 3 is 2.42 bits per heavy atom. The number of hydrogen-bond acceptors (Lipinski definition) is 7. The maximum absolute atomic E-state index is 13.0. The van der Waals surface area contributed by atoms with E-state index in [1.807, 2.05) is 39.0 Å². The van der Waals surface area contributed by atoms with Crippen molar-refractivity contribution in [2.24, 2.45) is 15.0 Å². The van der Waals surface area contributed by atoms with Crippen molar-refractivity contribution in [3.8, 4) is 0 Å². The van der Waals surface area contributed by atoms with Gasteiger partial charge in [-0.3, -0.25) is 4.79 Å². The van der Waals surface area contributed by atoms with Crippen LogP contribution in [0, 0.1) is 6.92 Å². The molecular formula is C42H48N4O4. The van der Waals surface area contributed by atoms with E-state index in [9.17, 15) is 15.0 Å². The summed E-state index contributed by atoms with van der Waals surface area (Å²) in [4.78, 5) is 31.9. The number of aliphatic hydroxyl groups is 2. The predicted molar refractivity (Wildman–Crippen MR) is 203 cm³/mol. The van der Waals surface area contributed by atoms with E-state index in [4.69, 9.17) is 19.7 Å². The third kappa shape index (κ3) is 6.56. The van der Waals surface area contributed by atoms with Gasteiger partial charge in [0.2, 0.25) is 0 Å². The molecule has 0 aromatic carbocycles. The molecular weight excluding hydrogens is 624 g/mol. The second-order valence-electron chi connectivity index (χ2n) is 13.9. The van der Waals surface area contributed by atoms with E-state index in [2.05, 4.69) is 51.8 Å². The molecule has 1 aromatic rings. The van der Waals surface area contributed by atoms with Gasteiger partial charge in [0.1, 0.15) is 12.4 Å². The third-order valence-corrected chi connectivity index (χ3v) is 10.3. The first-order valence-electron chi connectivity index (χ1n) is 17.6. The molecule has 0 saturated heterocycles. The van der Waals surface area contributed by atoms with Crippen LogP contribution in [-0.4, -0.2) is 51.5 Å². The number of aromatic nitrogens is 1. The van der Waals surface area contributed by atoms with Crippen LogP contribution in [-0.2, 0) is 16.0 Å². The van der Waals surface area contributed by atoms with Crippen molar-refractivity contribution in [3.05, 3.63) is 113 Å². The van der Waals surface area contributed by atoms with Crippen LogP contribution in [0.3, 0.4) is 0 Å². The summed E-state index contributed by atoms with van der Waals surface area (Å²) in [5.74, 6) is 0.00945. The van der Waals surface area contributed by atoms with Gasteiger partial charge in [-0.1, -0.05) is 24.1 Å². The molecule has 0 unspecified atom stereocenters. The summed E-state index contributed by atoms with van der Waals surface area (Å²) in [6, 6.07) is 0. The predicted octanol–water partition coefficient (Wildman–Crippen LogP) is 7.09. The van der Waals surface area contributed by atoms with Crippen LogP contribution in [0.4, 0.5) is 0 Å². The monoisotopic (exact) mass is 672 g/mol. The van der Waals surface area contributed by atoms with E-state index >= 15 is 0 Å². The highest BCUT2D eigenvalue weighted by molar-refractivity contribution is 6.25. The number of ether oxygens (including phenoxy) is 1. The first-order chi connectivity index (χ1) is 23.9. The largest absolute Gasteiger partial charge is 0.511 e. The average molecular weight is 673 g/mol. The molecule has 0 saturated carbocycles. The summed E-state index contributed by atoms with van der Waals surface area (Å²) < 4.78 is 5.62. The molecule has 260 valence electrons. The van der Waals surface area contributed by atoms with Crippen molar-refractivity contribution in [2.75, 3.05) is 13.2 Å². The SMILES string of the molecule is CCc1c(C)c2[nH]c1=CC1=C(C)C3=C(O)CC(=C4N=C(C=C5N=C(C=2)C(CO)=C5C)C(C)=C4CCC(=O)OC/C=C(\C)CCC=C(C)C)C3=N1. The molecule has 0 amide bonds. The summed E-state index contributed by atoms with van der Waals surface area (Å²) in [6.07, 6.45) is 13.9. The van der Waals surface area contributed by atoms with Gasteiger partial charge in [0, 0.05) is 40.3 Å². The van der Waals surface area contributed by atoms with Crippen LogP contribution >= 0.6 is 0 Å². The normalized spacial score (nSPS) is 18.5. The van der Waals surface area contributed by atoms with Gasteiger partial charge in [-0.15, -0.1) is 0 Å². The number of fused-ring (bicyclic) bond motifs is 5. The molecule has 4 aliphatic heterocycles. The van der Waals surface area contributed by atoms with Gasteiger partial charge >= 0.3 is 5.97 Å². The summed E-state index contributed by atoms with van der Waals surface area (Å²) in [7, 11) is 0. The van der Waals surface area contributed by atoms with Gasteiger partial charge in [0.05, 0.1) is 40.8 Å². The van der Waals surface area contributed by atoms with Crippen molar-refractivity contribution < 1.29 is 19.7 Å². The lowest BCUT2D eigenvalue weighted by Crippen LogP contribution is -2.15. The van der Waals surface area contributed by atoms with E-state index < -0.39 is 0 Å². The lowest BCUT2D eigenvalue weighted by molar-refractivity contribution is -0.142. The van der Waals surface area contributed by atoms with E-state index in [0.29, 0.717) is 12.8 Å². The number of hydrogen-bond donors (Lipinski definition) is 3. The first kappa shape index (κ1) is 35.0. The fourth-order valence-corrected chi connectivity index (χ4v) is 7.27. The maximum Gasteiger partial charge on any atom is 0.306 e. The molecule has 1 aromatic heterocycles. The van der Waals surface area contributed by atoms with Crippen molar-refractivity contribution >= 4 is 35.3 Å². The lowest BCUT2D eigenvalue weighted by atomic mass is 9.95. The zero-order valence-electron chi connectivity index (χ0n) is 30.6. The van der Waals surface area contributed by atoms with Crippen LogP contribution in [0.2, 0.25) is 0 Å². The molecule has 0 radical (unpaired) electrons. The summed E-state index contributed by atoms with van der Waals surface area (Å²) in [5, 5.41) is 23.6. The number of rotatable bonds is 10. The standard InChI is InChI=1S/C42H48N4O4/c1-9-28-24(5)33-19-37-31(21-47)26(7)32(44-37)18-34-25(6)29(13-14-39(49)50-16-15-23(4)12-10-11-22(2)3)41(45-34)30-17-38(48)40-27(8)35(46-42(30)40)20-36(28)43-33/h11,15,18-20,43,47-48H,9-10,12-14,16-17,21H2,1-8H3/b23-15+,32-18?,33-19?,36-20?,41-30?. The summed E-state index contributed by atoms with van der Waals surface area (Å²) in [6.45, 7) is 16.6. The minimum atomic E-state index is -0.270. The minimum absolute atomic E-state index is 0.136. The fraction of sp³-hybridized carbons (Fsp3) is 0.381. The number of allylic oxidation sites excluding steroid dienone is 11. The highest BCUT2D eigenvalue weighted by atomic mass is 16.5. The van der Waals surface area contributed by atoms with E-state index in [-0.39, 0.29) is 31.4 Å². The molecule has 50 heavy (non-hydrogen) atoms. The fourth-order valence-electron chi connectivity index (χ4n) is 7.27. The Kier molecular flexibility index (Phi) is 9.94. The zero-order valence-corrected chi connectivity index (χ0v) is 30.6. The molecule has 0 atom stereocenters. The number of esters is 1. The molecule has 1 aliphatic carbocycles. The van der Waals surface area contributed by atoms with Crippen molar-refractivity contribution in [1.29, 1.82) is 0 Å². The van der Waals surface area contributed by atoms with Crippen LogP contribution in [0.25, 0.3) is 12.2 Å². The highest BCUT2D eigenvalue weighted by Gasteiger charge is 2.37. The molecule has 6 rings (SSSR count). The molecule has 5 heterocycles. The van der Waals surface area contributed by atoms with Gasteiger partial charge in [0.15, 0.2) is 0 Å². The van der Waals surface area contributed by atoms with Gasteiger partial charge in [-0.2, -0.15) is 0 Å². The number of aromatic amines is 1. The molecule has 0 spiro atoms. The zero-order chi connectivity index (χ0) is 35.9. The quantitative estimate of drug-likeness (QED) is 0.182. The topological polar surface area (TPSA) is 120 Å². The number of carbonyl (C=O) groups is 1. The van der Waals surface area contributed by atoms with E-state index in [0.717, 1.165) is 109 Å². The van der Waals surface area contributed by atoms with Crippen LogP contribution in [0.5, 0.6) is 0 Å². The maximum atomic E-state index is 13.0. The third-order valence-electron chi connectivity index (χ3n) is 10.3. The molecule has 5 aliphatic rings. The van der Waals surface area contributed by atoms with E-state index in [1.54, 1.807) is 0 Å². The Morgan fingerprint density at radius 1 is 0.920 bits per heavy atom. The minimum Gasteiger partial charge on any atom is -0.511 e. The Hall–Kier alpha value is -4.82.